The maximum atomic E-state index is 12.4. The fraction of sp³-hybridized carbons (Fsp3) is 0.214. The molecule has 0 amide bonds. The zero-order valence-electron chi connectivity index (χ0n) is 11.0. The van der Waals surface area contributed by atoms with Gasteiger partial charge >= 0.3 is 0 Å². The number of hydrogen-bond acceptors (Lipinski definition) is 4. The molecule has 106 valence electrons. The highest BCUT2D eigenvalue weighted by molar-refractivity contribution is 9.10. The molecule has 0 aliphatic rings. The van der Waals surface area contributed by atoms with Crippen LogP contribution in [-0.2, 0) is 16.6 Å². The van der Waals surface area contributed by atoms with Gasteiger partial charge in [-0.3, -0.25) is 9.19 Å². The Morgan fingerprint density at radius 2 is 2.15 bits per heavy atom. The van der Waals surface area contributed by atoms with Gasteiger partial charge in [-0.15, -0.1) is 0 Å². The lowest BCUT2D eigenvalue weighted by molar-refractivity contribution is 0.339. The Morgan fingerprint density at radius 1 is 1.35 bits per heavy atom. The first kappa shape index (κ1) is 15.0. The molecule has 1 aromatic heterocycles. The van der Waals surface area contributed by atoms with Crippen LogP contribution in [0.1, 0.15) is 12.6 Å². The number of halogens is 1. The van der Waals surface area contributed by atoms with Crippen molar-refractivity contribution in [2.75, 3.05) is 12.3 Å². The highest BCUT2D eigenvalue weighted by Crippen LogP contribution is 2.24. The molecule has 1 unspecified atom stereocenters. The van der Waals surface area contributed by atoms with Gasteiger partial charge in [-0.1, -0.05) is 0 Å². The van der Waals surface area contributed by atoms with E-state index in [4.69, 9.17) is 10.5 Å². The van der Waals surface area contributed by atoms with Crippen molar-refractivity contribution in [3.05, 3.63) is 46.7 Å². The summed E-state index contributed by atoms with van der Waals surface area (Å²) in [6.45, 7) is 2.46. The number of rotatable bonds is 5. The van der Waals surface area contributed by atoms with E-state index in [1.54, 1.807) is 24.4 Å². The number of hydrogen-bond donors (Lipinski definition) is 1. The summed E-state index contributed by atoms with van der Waals surface area (Å²) < 4.78 is 18.7. The Kier molecular flexibility index (Phi) is 5.14. The van der Waals surface area contributed by atoms with Crippen LogP contribution in [0.2, 0.25) is 0 Å². The number of nitrogens with zero attached hydrogens (tertiary/aromatic N) is 1. The van der Waals surface area contributed by atoms with E-state index >= 15 is 0 Å². The molecule has 0 fully saturated rings. The molecule has 6 heteroatoms. The Balaban J connectivity index is 2.19. The quantitative estimate of drug-likeness (QED) is 0.837. The minimum Gasteiger partial charge on any atom is -0.494 e. The van der Waals surface area contributed by atoms with E-state index in [0.717, 1.165) is 10.2 Å². The molecule has 0 bridgehead atoms. The van der Waals surface area contributed by atoms with Crippen molar-refractivity contribution in [2.24, 2.45) is 0 Å². The second-order valence-electron chi connectivity index (χ2n) is 4.09. The summed E-state index contributed by atoms with van der Waals surface area (Å²) in [5.74, 6) is 1.00. The highest BCUT2D eigenvalue weighted by Gasteiger charge is 2.11. The summed E-state index contributed by atoms with van der Waals surface area (Å²) in [6, 6.07) is 8.93. The average molecular weight is 355 g/mol. The lowest BCUT2D eigenvalue weighted by atomic mass is 10.3. The van der Waals surface area contributed by atoms with Crippen molar-refractivity contribution in [2.45, 2.75) is 17.6 Å². The largest absolute Gasteiger partial charge is 0.494 e. The fourth-order valence-electron chi connectivity index (χ4n) is 1.67. The molecule has 0 saturated carbocycles. The van der Waals surface area contributed by atoms with Crippen molar-refractivity contribution in [3.63, 3.8) is 0 Å². The van der Waals surface area contributed by atoms with Gasteiger partial charge in [0.05, 0.1) is 33.7 Å². The Hall–Kier alpha value is -1.40. The van der Waals surface area contributed by atoms with Crippen LogP contribution >= 0.6 is 15.9 Å². The van der Waals surface area contributed by atoms with Crippen LogP contribution in [0.3, 0.4) is 0 Å². The smallest absolute Gasteiger partial charge is 0.120 e. The molecule has 1 aromatic carbocycles. The highest BCUT2D eigenvalue weighted by atomic mass is 79.9. The van der Waals surface area contributed by atoms with Gasteiger partial charge in [-0.05, 0) is 53.2 Å². The zero-order valence-corrected chi connectivity index (χ0v) is 13.4. The van der Waals surface area contributed by atoms with E-state index in [2.05, 4.69) is 20.9 Å². The van der Waals surface area contributed by atoms with E-state index in [-0.39, 0.29) is 0 Å². The Morgan fingerprint density at radius 3 is 2.80 bits per heavy atom. The van der Waals surface area contributed by atoms with Gasteiger partial charge in [0.2, 0.25) is 0 Å². The molecule has 2 rings (SSSR count). The third kappa shape index (κ3) is 3.80. The summed E-state index contributed by atoms with van der Waals surface area (Å²) in [5.41, 5.74) is 7.15. The first-order valence-corrected chi connectivity index (χ1v) is 8.22. The molecule has 4 nitrogen and oxygen atoms in total. The van der Waals surface area contributed by atoms with Gasteiger partial charge < -0.3 is 10.5 Å². The first-order chi connectivity index (χ1) is 9.60. The van der Waals surface area contributed by atoms with Crippen LogP contribution in [-0.4, -0.2) is 15.8 Å². The van der Waals surface area contributed by atoms with Crippen LogP contribution in [0.5, 0.6) is 5.75 Å². The lowest BCUT2D eigenvalue weighted by Crippen LogP contribution is -2.03. The third-order valence-corrected chi connectivity index (χ3v) is 4.48. The fourth-order valence-corrected chi connectivity index (χ4v) is 3.08. The summed E-state index contributed by atoms with van der Waals surface area (Å²) in [6.07, 6.45) is 1.69. The normalized spacial score (nSPS) is 12.1. The summed E-state index contributed by atoms with van der Waals surface area (Å²) in [7, 11) is -1.25. The average Bonchev–Trinajstić information content (AvgIpc) is 2.43. The van der Waals surface area contributed by atoms with Gasteiger partial charge in [0, 0.05) is 16.4 Å². The lowest BCUT2D eigenvalue weighted by Gasteiger charge is -2.09. The van der Waals surface area contributed by atoms with Gasteiger partial charge in [0.1, 0.15) is 5.75 Å². The first-order valence-electron chi connectivity index (χ1n) is 6.11. The summed E-state index contributed by atoms with van der Waals surface area (Å²) in [5, 5.41) is 0. The number of nitrogen functional groups attached to an aromatic ring is 1. The van der Waals surface area contributed by atoms with Crippen molar-refractivity contribution >= 4 is 32.4 Å². The number of ether oxygens (including phenoxy) is 1. The number of aromatic nitrogens is 1. The molecule has 1 heterocycles. The topological polar surface area (TPSA) is 65.2 Å². The molecule has 0 aliphatic carbocycles. The molecular formula is C14H15BrN2O2S. The van der Waals surface area contributed by atoms with E-state index in [0.29, 0.717) is 28.7 Å². The van der Waals surface area contributed by atoms with Crippen molar-refractivity contribution in [1.29, 1.82) is 0 Å². The minimum atomic E-state index is -1.25. The number of anilines is 1. The minimum absolute atomic E-state index is 0.326. The predicted octanol–water partition coefficient (Wildman–Crippen LogP) is 3.13. The van der Waals surface area contributed by atoms with E-state index in [1.165, 1.54) is 0 Å². The Labute approximate surface area is 128 Å². The van der Waals surface area contributed by atoms with Crippen molar-refractivity contribution < 1.29 is 8.95 Å². The SMILES string of the molecule is CCOc1ccc(N)c(S(=O)Cc2ccc(Br)cn2)c1. The maximum Gasteiger partial charge on any atom is 0.120 e. The van der Waals surface area contributed by atoms with Gasteiger partial charge in [0.25, 0.3) is 0 Å². The maximum absolute atomic E-state index is 12.4. The molecule has 0 radical (unpaired) electrons. The molecule has 1 atom stereocenters. The van der Waals surface area contributed by atoms with Crippen LogP contribution in [0, 0.1) is 0 Å². The second kappa shape index (κ2) is 6.85. The summed E-state index contributed by atoms with van der Waals surface area (Å²) in [4.78, 5) is 4.80. The molecule has 0 spiro atoms. The number of pyridine rings is 1. The monoisotopic (exact) mass is 354 g/mol. The number of nitrogens with two attached hydrogens (primary N) is 1. The van der Waals surface area contributed by atoms with E-state index in [1.807, 2.05) is 19.1 Å². The van der Waals surface area contributed by atoms with Crippen molar-refractivity contribution in [1.82, 2.24) is 4.98 Å². The summed E-state index contributed by atoms with van der Waals surface area (Å²) >= 11 is 3.32. The zero-order chi connectivity index (χ0) is 14.5. The molecule has 0 saturated heterocycles. The van der Waals surface area contributed by atoms with Crippen LogP contribution in [0.4, 0.5) is 5.69 Å². The predicted molar refractivity (Wildman–Crippen MR) is 84.1 cm³/mol. The van der Waals surface area contributed by atoms with Crippen LogP contribution in [0.25, 0.3) is 0 Å². The van der Waals surface area contributed by atoms with Crippen LogP contribution in [0.15, 0.2) is 45.9 Å². The van der Waals surface area contributed by atoms with Gasteiger partial charge in [0.15, 0.2) is 0 Å². The molecule has 0 aliphatic heterocycles. The van der Waals surface area contributed by atoms with Crippen molar-refractivity contribution in [3.8, 4) is 5.75 Å². The standard InChI is InChI=1S/C14H15BrN2O2S/c1-2-19-12-5-6-13(16)14(7-12)20(18)9-11-4-3-10(15)8-17-11/h3-8H,2,9,16H2,1H3. The third-order valence-electron chi connectivity index (χ3n) is 2.61. The Bertz CT molecular complexity index is 617. The van der Waals surface area contributed by atoms with E-state index < -0.39 is 10.8 Å². The second-order valence-corrected chi connectivity index (χ2v) is 6.43. The molecule has 20 heavy (non-hydrogen) atoms. The molecular weight excluding hydrogens is 340 g/mol. The molecule has 2 N–H and O–H groups in total. The van der Waals surface area contributed by atoms with Gasteiger partial charge in [-0.25, -0.2) is 0 Å². The van der Waals surface area contributed by atoms with Gasteiger partial charge in [-0.2, -0.15) is 0 Å². The van der Waals surface area contributed by atoms with Crippen LogP contribution < -0.4 is 10.5 Å². The number of benzene rings is 1. The van der Waals surface area contributed by atoms with E-state index in [9.17, 15) is 4.21 Å². The molecule has 2 aromatic rings.